The Kier molecular flexibility index (Phi) is 4.92. The number of aromatic nitrogens is 2. The van der Waals surface area contributed by atoms with E-state index in [1.54, 1.807) is 0 Å². The van der Waals surface area contributed by atoms with E-state index in [9.17, 15) is 0 Å². The summed E-state index contributed by atoms with van der Waals surface area (Å²) in [7, 11) is 0. The zero-order valence-corrected chi connectivity index (χ0v) is 16.5. The molecule has 2 heterocycles. The van der Waals surface area contributed by atoms with Gasteiger partial charge < -0.3 is 0 Å². The molecule has 4 aromatic rings. The van der Waals surface area contributed by atoms with Crippen LogP contribution in [0.4, 0.5) is 0 Å². The van der Waals surface area contributed by atoms with Gasteiger partial charge in [0.1, 0.15) is 0 Å². The van der Waals surface area contributed by atoms with Crippen molar-refractivity contribution < 1.29 is 0 Å². The monoisotopic (exact) mass is 376 g/mol. The Morgan fingerprint density at radius 2 is 1.38 bits per heavy atom. The summed E-state index contributed by atoms with van der Waals surface area (Å²) in [4.78, 5) is 9.87. The van der Waals surface area contributed by atoms with Gasteiger partial charge in [-0.1, -0.05) is 72.8 Å². The Balaban J connectivity index is 1.54. The molecule has 0 saturated heterocycles. The van der Waals surface area contributed by atoms with Crippen LogP contribution in [-0.4, -0.2) is 9.97 Å². The van der Waals surface area contributed by atoms with E-state index in [0.717, 1.165) is 43.5 Å². The third-order valence-corrected chi connectivity index (χ3v) is 5.78. The first-order chi connectivity index (χ1) is 14.4. The molecule has 2 aromatic heterocycles. The Bertz CT molecular complexity index is 1120. The molecule has 1 aliphatic rings. The van der Waals surface area contributed by atoms with Crippen molar-refractivity contribution in [3.63, 3.8) is 0 Å². The van der Waals surface area contributed by atoms with E-state index in [2.05, 4.69) is 77.8 Å². The lowest BCUT2D eigenvalue weighted by atomic mass is 9.89. The van der Waals surface area contributed by atoms with E-state index in [0.29, 0.717) is 0 Å². The van der Waals surface area contributed by atoms with E-state index < -0.39 is 0 Å². The van der Waals surface area contributed by atoms with Gasteiger partial charge in [-0.05, 0) is 66.0 Å². The molecule has 1 aliphatic carbocycles. The second-order valence-electron chi connectivity index (χ2n) is 7.76. The third kappa shape index (κ3) is 3.84. The topological polar surface area (TPSA) is 25.8 Å². The van der Waals surface area contributed by atoms with E-state index in [1.807, 2.05) is 12.3 Å². The minimum atomic E-state index is 0.931. The van der Waals surface area contributed by atoms with Crippen molar-refractivity contribution in [2.45, 2.75) is 32.1 Å². The molecule has 0 fully saturated rings. The fraction of sp³-hybridized carbons (Fsp3) is 0.185. The Hall–Kier alpha value is -3.26. The van der Waals surface area contributed by atoms with Gasteiger partial charge in [0.15, 0.2) is 0 Å². The van der Waals surface area contributed by atoms with Crippen molar-refractivity contribution in [1.82, 2.24) is 9.97 Å². The van der Waals surface area contributed by atoms with Gasteiger partial charge >= 0.3 is 0 Å². The quantitative estimate of drug-likeness (QED) is 0.452. The van der Waals surface area contributed by atoms with Crippen LogP contribution in [0, 0.1) is 0 Å². The predicted molar refractivity (Wildman–Crippen MR) is 118 cm³/mol. The molecule has 29 heavy (non-hydrogen) atoms. The first-order valence-electron chi connectivity index (χ1n) is 10.4. The van der Waals surface area contributed by atoms with E-state index in [1.165, 1.54) is 33.5 Å². The van der Waals surface area contributed by atoms with Crippen LogP contribution < -0.4 is 0 Å². The maximum absolute atomic E-state index is 5.20. The maximum atomic E-state index is 5.20. The smallest absolute Gasteiger partial charge is 0.0924 e. The van der Waals surface area contributed by atoms with Gasteiger partial charge in [-0.2, -0.15) is 0 Å². The second-order valence-corrected chi connectivity index (χ2v) is 7.76. The summed E-state index contributed by atoms with van der Waals surface area (Å²) in [5.74, 6) is 0. The summed E-state index contributed by atoms with van der Waals surface area (Å²) in [5.41, 5.74) is 10.1. The molecule has 2 nitrogen and oxygen atoms in total. The molecule has 0 spiro atoms. The SMILES string of the molecule is c1ccc(CCc2nc3c(cc2Cc2ccccc2)CCc2cccnc2-3)cc1. The van der Waals surface area contributed by atoms with Crippen molar-refractivity contribution in [1.29, 1.82) is 0 Å². The van der Waals surface area contributed by atoms with Crippen molar-refractivity contribution in [3.8, 4) is 11.4 Å². The molecule has 0 atom stereocenters. The van der Waals surface area contributed by atoms with Crippen molar-refractivity contribution in [2.24, 2.45) is 0 Å². The van der Waals surface area contributed by atoms with Gasteiger partial charge in [-0.25, -0.2) is 0 Å². The number of nitrogens with zero attached hydrogens (tertiary/aromatic N) is 2. The highest BCUT2D eigenvalue weighted by Crippen LogP contribution is 2.32. The first-order valence-corrected chi connectivity index (χ1v) is 10.4. The van der Waals surface area contributed by atoms with Crippen LogP contribution >= 0.6 is 0 Å². The van der Waals surface area contributed by atoms with Crippen LogP contribution in [0.3, 0.4) is 0 Å². The van der Waals surface area contributed by atoms with Gasteiger partial charge in [0, 0.05) is 11.9 Å². The minimum absolute atomic E-state index is 0.931. The second kappa shape index (κ2) is 8.00. The average Bonchev–Trinajstić information content (AvgIpc) is 2.79. The molecule has 0 unspecified atom stereocenters. The van der Waals surface area contributed by atoms with Gasteiger partial charge in [0.25, 0.3) is 0 Å². The Labute approximate surface area is 172 Å². The van der Waals surface area contributed by atoms with Crippen molar-refractivity contribution in [2.75, 3.05) is 0 Å². The summed E-state index contributed by atoms with van der Waals surface area (Å²) >= 11 is 0. The lowest BCUT2D eigenvalue weighted by Crippen LogP contribution is -2.12. The molecule has 0 aliphatic heterocycles. The largest absolute Gasteiger partial charge is 0.254 e. The van der Waals surface area contributed by atoms with Gasteiger partial charge in [0.05, 0.1) is 11.4 Å². The number of aryl methyl sites for hydroxylation is 4. The highest BCUT2D eigenvalue weighted by Gasteiger charge is 2.21. The van der Waals surface area contributed by atoms with Crippen LogP contribution in [-0.2, 0) is 32.1 Å². The average molecular weight is 377 g/mol. The van der Waals surface area contributed by atoms with Crippen LogP contribution in [0.5, 0.6) is 0 Å². The van der Waals surface area contributed by atoms with Gasteiger partial charge in [0.2, 0.25) is 0 Å². The third-order valence-electron chi connectivity index (χ3n) is 5.78. The number of fused-ring (bicyclic) bond motifs is 3. The molecule has 0 bridgehead atoms. The normalized spacial score (nSPS) is 12.3. The van der Waals surface area contributed by atoms with Crippen LogP contribution in [0.2, 0.25) is 0 Å². The highest BCUT2D eigenvalue weighted by molar-refractivity contribution is 5.66. The van der Waals surface area contributed by atoms with Crippen molar-refractivity contribution in [3.05, 3.63) is 119 Å². The standard InChI is InChI=1S/C27H24N2/c1-3-8-20(9-4-1)13-16-25-24(18-21-10-5-2-6-11-21)19-23-15-14-22-12-7-17-28-26(22)27(23)29-25/h1-12,17,19H,13-16,18H2. The molecule has 5 rings (SSSR count). The van der Waals surface area contributed by atoms with Crippen molar-refractivity contribution >= 4 is 0 Å². The van der Waals surface area contributed by atoms with Gasteiger partial charge in [-0.3, -0.25) is 9.97 Å². The lowest BCUT2D eigenvalue weighted by molar-refractivity contribution is 0.854. The van der Waals surface area contributed by atoms with Crippen LogP contribution in [0.1, 0.15) is 33.5 Å². The number of rotatable bonds is 5. The molecular formula is C27H24N2. The number of pyridine rings is 2. The molecule has 0 amide bonds. The fourth-order valence-corrected chi connectivity index (χ4v) is 4.25. The van der Waals surface area contributed by atoms with E-state index in [4.69, 9.17) is 4.98 Å². The zero-order valence-electron chi connectivity index (χ0n) is 16.5. The van der Waals surface area contributed by atoms with E-state index in [-0.39, 0.29) is 0 Å². The number of hydrogen-bond donors (Lipinski definition) is 0. The Morgan fingerprint density at radius 1 is 0.655 bits per heavy atom. The summed E-state index contributed by atoms with van der Waals surface area (Å²) in [5, 5.41) is 0. The summed E-state index contributed by atoms with van der Waals surface area (Å²) in [6.07, 6.45) is 6.86. The number of hydrogen-bond acceptors (Lipinski definition) is 2. The molecular weight excluding hydrogens is 352 g/mol. The summed E-state index contributed by atoms with van der Waals surface area (Å²) in [6, 6.07) is 28.0. The summed E-state index contributed by atoms with van der Waals surface area (Å²) in [6.45, 7) is 0. The first kappa shape index (κ1) is 17.8. The zero-order chi connectivity index (χ0) is 19.5. The molecule has 0 N–H and O–H groups in total. The van der Waals surface area contributed by atoms with E-state index >= 15 is 0 Å². The van der Waals surface area contributed by atoms with Crippen LogP contribution in [0.15, 0.2) is 85.1 Å². The molecule has 0 saturated carbocycles. The Morgan fingerprint density at radius 3 is 2.17 bits per heavy atom. The fourth-order valence-electron chi connectivity index (χ4n) is 4.25. The molecule has 2 aromatic carbocycles. The number of benzene rings is 2. The van der Waals surface area contributed by atoms with Crippen LogP contribution in [0.25, 0.3) is 11.4 Å². The lowest BCUT2D eigenvalue weighted by Gasteiger charge is -2.21. The minimum Gasteiger partial charge on any atom is -0.254 e. The van der Waals surface area contributed by atoms with Gasteiger partial charge in [-0.15, -0.1) is 0 Å². The maximum Gasteiger partial charge on any atom is 0.0924 e. The summed E-state index contributed by atoms with van der Waals surface area (Å²) < 4.78 is 0. The molecule has 0 radical (unpaired) electrons. The molecule has 142 valence electrons. The highest BCUT2D eigenvalue weighted by atomic mass is 14.8. The molecule has 2 heteroatoms. The predicted octanol–water partition coefficient (Wildman–Crippen LogP) is 5.62.